The van der Waals surface area contributed by atoms with Crippen LogP contribution in [0.15, 0.2) is 79.1 Å². The van der Waals surface area contributed by atoms with Crippen LogP contribution in [0, 0.1) is 0 Å². The van der Waals surface area contributed by atoms with E-state index in [9.17, 15) is 14.4 Å². The van der Waals surface area contributed by atoms with Crippen molar-refractivity contribution in [2.24, 2.45) is 0 Å². The molecule has 1 aliphatic rings. The topological polar surface area (TPSA) is 89.0 Å². The maximum absolute atomic E-state index is 13.3. The Kier molecular flexibility index (Phi) is 7.84. The van der Waals surface area contributed by atoms with E-state index in [1.165, 1.54) is 24.1 Å². The van der Waals surface area contributed by atoms with Crippen LogP contribution >= 0.6 is 0 Å². The van der Waals surface area contributed by atoms with Gasteiger partial charge in [0.1, 0.15) is 6.54 Å². The second-order valence-corrected chi connectivity index (χ2v) is 8.31. The summed E-state index contributed by atoms with van der Waals surface area (Å²) in [6.45, 7) is 1.30. The van der Waals surface area contributed by atoms with Crippen molar-refractivity contribution >= 4 is 17.8 Å². The third kappa shape index (κ3) is 6.30. The number of benzene rings is 2. The SMILES string of the molecule is COC(=O)c1ccc(C(=O)N2CC(=O)N(Cc3cccnc3)C[C@@H](OCc3ccccc3)C2)cc1. The lowest BCUT2D eigenvalue weighted by molar-refractivity contribution is -0.132. The largest absolute Gasteiger partial charge is 0.465 e. The van der Waals surface area contributed by atoms with E-state index >= 15 is 0 Å². The molecule has 0 bridgehead atoms. The molecule has 0 radical (unpaired) electrons. The standard InChI is InChI=1S/C27H27N3O5/c1-34-27(33)23-11-9-22(10-12-23)26(32)30-17-24(35-19-20-6-3-2-4-7-20)16-29(25(31)18-30)15-21-8-5-13-28-14-21/h2-14,24H,15-19H2,1H3/t24-/m1/s1. The molecule has 2 amide bonds. The summed E-state index contributed by atoms with van der Waals surface area (Å²) >= 11 is 0. The summed E-state index contributed by atoms with van der Waals surface area (Å²) in [5, 5.41) is 0. The summed E-state index contributed by atoms with van der Waals surface area (Å²) < 4.78 is 10.9. The first-order valence-corrected chi connectivity index (χ1v) is 11.3. The number of ether oxygens (including phenoxy) is 2. The maximum atomic E-state index is 13.3. The molecule has 1 atom stereocenters. The van der Waals surface area contributed by atoms with E-state index in [1.807, 2.05) is 42.5 Å². The fraction of sp³-hybridized carbons (Fsp3) is 0.259. The summed E-state index contributed by atoms with van der Waals surface area (Å²) in [5.74, 6) is -0.945. The molecule has 0 N–H and O–H groups in total. The summed E-state index contributed by atoms with van der Waals surface area (Å²) in [6.07, 6.45) is 3.03. The molecule has 2 aromatic carbocycles. The van der Waals surface area contributed by atoms with Gasteiger partial charge in [0.2, 0.25) is 5.91 Å². The van der Waals surface area contributed by atoms with Crippen LogP contribution in [0.25, 0.3) is 0 Å². The lowest BCUT2D eigenvalue weighted by Gasteiger charge is -2.25. The van der Waals surface area contributed by atoms with Crippen molar-refractivity contribution < 1.29 is 23.9 Å². The Labute approximate surface area is 204 Å². The van der Waals surface area contributed by atoms with Gasteiger partial charge in [-0.25, -0.2) is 4.79 Å². The first-order valence-electron chi connectivity index (χ1n) is 11.3. The molecule has 1 aliphatic heterocycles. The Morgan fingerprint density at radius 1 is 0.943 bits per heavy atom. The molecule has 3 aromatic rings. The quantitative estimate of drug-likeness (QED) is 0.490. The van der Waals surface area contributed by atoms with Gasteiger partial charge in [-0.2, -0.15) is 0 Å². The highest BCUT2D eigenvalue weighted by molar-refractivity contribution is 5.98. The number of rotatable bonds is 7. The number of esters is 1. The van der Waals surface area contributed by atoms with E-state index in [2.05, 4.69) is 4.98 Å². The fourth-order valence-corrected chi connectivity index (χ4v) is 3.94. The van der Waals surface area contributed by atoms with Crippen LogP contribution in [-0.2, 0) is 27.4 Å². The van der Waals surface area contributed by atoms with Crippen molar-refractivity contribution in [3.05, 3.63) is 101 Å². The number of amides is 2. The lowest BCUT2D eigenvalue weighted by Crippen LogP contribution is -2.39. The Bertz CT molecular complexity index is 1150. The third-order valence-corrected chi connectivity index (χ3v) is 5.79. The Balaban J connectivity index is 1.53. The van der Waals surface area contributed by atoms with Gasteiger partial charge in [-0.3, -0.25) is 14.6 Å². The lowest BCUT2D eigenvalue weighted by atomic mass is 10.1. The van der Waals surface area contributed by atoms with Crippen LogP contribution in [0.4, 0.5) is 0 Å². The van der Waals surface area contributed by atoms with Crippen molar-refractivity contribution in [2.45, 2.75) is 19.3 Å². The van der Waals surface area contributed by atoms with Gasteiger partial charge in [0.05, 0.1) is 25.4 Å². The average Bonchev–Trinajstić information content (AvgIpc) is 3.06. The third-order valence-electron chi connectivity index (χ3n) is 5.79. The van der Waals surface area contributed by atoms with E-state index in [1.54, 1.807) is 29.4 Å². The average molecular weight is 474 g/mol. The van der Waals surface area contributed by atoms with Crippen LogP contribution in [0.5, 0.6) is 0 Å². The van der Waals surface area contributed by atoms with Crippen molar-refractivity contribution in [1.29, 1.82) is 0 Å². The monoisotopic (exact) mass is 473 g/mol. The number of hydrogen-bond donors (Lipinski definition) is 0. The van der Waals surface area contributed by atoms with E-state index in [0.29, 0.717) is 30.8 Å². The van der Waals surface area contributed by atoms with Gasteiger partial charge in [-0.05, 0) is 41.5 Å². The van der Waals surface area contributed by atoms with Gasteiger partial charge >= 0.3 is 5.97 Å². The van der Waals surface area contributed by atoms with E-state index < -0.39 is 5.97 Å². The minimum Gasteiger partial charge on any atom is -0.465 e. The molecule has 0 spiro atoms. The van der Waals surface area contributed by atoms with Crippen molar-refractivity contribution in [3.8, 4) is 0 Å². The summed E-state index contributed by atoms with van der Waals surface area (Å²) in [5.41, 5.74) is 2.65. The summed E-state index contributed by atoms with van der Waals surface area (Å²) in [6, 6.07) is 19.7. The highest BCUT2D eigenvalue weighted by Crippen LogP contribution is 2.17. The molecule has 0 unspecified atom stereocenters. The molecular formula is C27H27N3O5. The molecular weight excluding hydrogens is 446 g/mol. The molecule has 4 rings (SSSR count). The highest BCUT2D eigenvalue weighted by atomic mass is 16.5. The van der Waals surface area contributed by atoms with Crippen molar-refractivity contribution in [3.63, 3.8) is 0 Å². The Morgan fingerprint density at radius 3 is 2.34 bits per heavy atom. The molecule has 1 fully saturated rings. The minimum absolute atomic E-state index is 0.0664. The van der Waals surface area contributed by atoms with E-state index in [4.69, 9.17) is 9.47 Å². The van der Waals surface area contributed by atoms with Crippen LogP contribution in [-0.4, -0.2) is 65.4 Å². The molecule has 2 heterocycles. The number of nitrogens with zero attached hydrogens (tertiary/aromatic N) is 3. The van der Waals surface area contributed by atoms with Gasteiger partial charge in [0.15, 0.2) is 0 Å². The molecule has 35 heavy (non-hydrogen) atoms. The van der Waals surface area contributed by atoms with E-state index in [0.717, 1.165) is 11.1 Å². The van der Waals surface area contributed by atoms with E-state index in [-0.39, 0.29) is 31.0 Å². The molecule has 8 nitrogen and oxygen atoms in total. The van der Waals surface area contributed by atoms with Gasteiger partial charge in [-0.1, -0.05) is 36.4 Å². The zero-order valence-electron chi connectivity index (χ0n) is 19.5. The number of carbonyl (C=O) groups is 3. The highest BCUT2D eigenvalue weighted by Gasteiger charge is 2.31. The van der Waals surface area contributed by atoms with Crippen molar-refractivity contribution in [2.75, 3.05) is 26.7 Å². The molecule has 1 saturated heterocycles. The molecule has 0 saturated carbocycles. The molecule has 1 aromatic heterocycles. The second-order valence-electron chi connectivity index (χ2n) is 8.31. The van der Waals surface area contributed by atoms with Crippen LogP contribution < -0.4 is 0 Å². The smallest absolute Gasteiger partial charge is 0.337 e. The van der Waals surface area contributed by atoms with Gasteiger partial charge in [0.25, 0.3) is 5.91 Å². The minimum atomic E-state index is -0.477. The number of pyridine rings is 1. The first-order chi connectivity index (χ1) is 17.0. The molecule has 180 valence electrons. The van der Waals surface area contributed by atoms with Gasteiger partial charge in [0, 0.05) is 37.6 Å². The fourth-order valence-electron chi connectivity index (χ4n) is 3.94. The normalized spacial score (nSPS) is 16.0. The zero-order valence-corrected chi connectivity index (χ0v) is 19.5. The predicted octanol–water partition coefficient (Wildman–Crippen LogP) is 2.94. The maximum Gasteiger partial charge on any atom is 0.337 e. The number of aromatic nitrogens is 1. The Hall–Kier alpha value is -4.04. The van der Waals surface area contributed by atoms with Crippen molar-refractivity contribution in [1.82, 2.24) is 14.8 Å². The summed E-state index contributed by atoms with van der Waals surface area (Å²) in [4.78, 5) is 45.5. The van der Waals surface area contributed by atoms with Crippen LogP contribution in [0.3, 0.4) is 0 Å². The molecule has 8 heteroatoms. The van der Waals surface area contributed by atoms with Gasteiger partial charge in [-0.15, -0.1) is 0 Å². The number of methoxy groups -OCH3 is 1. The van der Waals surface area contributed by atoms with Gasteiger partial charge < -0.3 is 19.3 Å². The Morgan fingerprint density at radius 2 is 1.66 bits per heavy atom. The second kappa shape index (κ2) is 11.4. The molecule has 0 aliphatic carbocycles. The van der Waals surface area contributed by atoms with Crippen LogP contribution in [0.1, 0.15) is 31.8 Å². The predicted molar refractivity (Wildman–Crippen MR) is 128 cm³/mol. The summed E-state index contributed by atoms with van der Waals surface area (Å²) in [7, 11) is 1.30. The first kappa shape index (κ1) is 24.1. The number of carbonyl (C=O) groups excluding carboxylic acids is 3. The zero-order chi connectivity index (χ0) is 24.6. The number of hydrogen-bond acceptors (Lipinski definition) is 6. The van der Waals surface area contributed by atoms with Crippen LogP contribution in [0.2, 0.25) is 0 Å².